The lowest BCUT2D eigenvalue weighted by Gasteiger charge is -2.40. The lowest BCUT2D eigenvalue weighted by molar-refractivity contribution is 0.259. The van der Waals surface area contributed by atoms with Crippen molar-refractivity contribution >= 4 is 23.5 Å². The fourth-order valence-electron chi connectivity index (χ4n) is 5.09. The second-order valence-corrected chi connectivity index (χ2v) is 8.80. The third-order valence-electron chi connectivity index (χ3n) is 6.53. The number of primary amides is 1. The Morgan fingerprint density at radius 3 is 2.18 bits per heavy atom. The van der Waals surface area contributed by atoms with Gasteiger partial charge < -0.3 is 16.4 Å². The van der Waals surface area contributed by atoms with Crippen LogP contribution in [0.15, 0.2) is 79.5 Å². The van der Waals surface area contributed by atoms with E-state index in [9.17, 15) is 4.79 Å². The average Bonchev–Trinajstić information content (AvgIpc) is 2.78. The minimum atomic E-state index is -0.563. The van der Waals surface area contributed by atoms with Crippen LogP contribution >= 0.6 is 0 Å². The zero-order valence-corrected chi connectivity index (χ0v) is 19.4. The van der Waals surface area contributed by atoms with Crippen molar-refractivity contribution in [3.63, 3.8) is 0 Å². The minimum absolute atomic E-state index is 0.377. The zero-order chi connectivity index (χ0) is 23.6. The molecular formula is C29H31N3O. The van der Waals surface area contributed by atoms with Gasteiger partial charge in [-0.05, 0) is 77.4 Å². The number of carbonyl (C=O) groups is 1. The van der Waals surface area contributed by atoms with Gasteiger partial charge in [0.25, 0.3) is 0 Å². The van der Waals surface area contributed by atoms with E-state index in [0.717, 1.165) is 36.2 Å². The molecule has 0 radical (unpaired) electrons. The predicted octanol–water partition coefficient (Wildman–Crippen LogP) is 6.80. The van der Waals surface area contributed by atoms with E-state index in [0.29, 0.717) is 5.69 Å². The summed E-state index contributed by atoms with van der Waals surface area (Å²) in [5, 5.41) is 6.18. The summed E-state index contributed by atoms with van der Waals surface area (Å²) in [7, 11) is 0. The van der Waals surface area contributed by atoms with Crippen LogP contribution < -0.4 is 16.4 Å². The number of fused-ring (bicyclic) bond motifs is 2. The van der Waals surface area contributed by atoms with E-state index >= 15 is 0 Å². The summed E-state index contributed by atoms with van der Waals surface area (Å²) in [4.78, 5) is 11.5. The fourth-order valence-corrected chi connectivity index (χ4v) is 5.09. The van der Waals surface area contributed by atoms with E-state index in [2.05, 4.69) is 80.1 Å². The SMILES string of the molecule is C=Cc1ccccc1C1(C)c2ccc(NC(=C)CCC)cc2Cc2cc(NC(N)=O)ccc21. The molecule has 3 aromatic carbocycles. The van der Waals surface area contributed by atoms with Crippen LogP contribution in [0.1, 0.15) is 60.1 Å². The molecule has 33 heavy (non-hydrogen) atoms. The monoisotopic (exact) mass is 437 g/mol. The Kier molecular flexibility index (Phi) is 6.10. The maximum atomic E-state index is 11.5. The first-order valence-electron chi connectivity index (χ1n) is 11.4. The van der Waals surface area contributed by atoms with Crippen LogP contribution in [-0.4, -0.2) is 6.03 Å². The van der Waals surface area contributed by atoms with Crippen molar-refractivity contribution in [2.45, 2.75) is 38.5 Å². The predicted molar refractivity (Wildman–Crippen MR) is 139 cm³/mol. The first-order chi connectivity index (χ1) is 15.9. The highest BCUT2D eigenvalue weighted by Crippen LogP contribution is 2.48. The molecule has 4 heteroatoms. The number of hydrogen-bond donors (Lipinski definition) is 3. The third-order valence-corrected chi connectivity index (χ3v) is 6.53. The van der Waals surface area contributed by atoms with Gasteiger partial charge in [0.1, 0.15) is 0 Å². The van der Waals surface area contributed by atoms with Crippen LogP contribution in [0.4, 0.5) is 16.2 Å². The Morgan fingerprint density at radius 2 is 1.61 bits per heavy atom. The molecule has 0 fully saturated rings. The van der Waals surface area contributed by atoms with Crippen molar-refractivity contribution in [3.05, 3.63) is 113 Å². The highest BCUT2D eigenvalue weighted by Gasteiger charge is 2.39. The summed E-state index contributed by atoms with van der Waals surface area (Å²) >= 11 is 0. The Morgan fingerprint density at radius 1 is 1.00 bits per heavy atom. The van der Waals surface area contributed by atoms with Crippen molar-refractivity contribution in [1.29, 1.82) is 0 Å². The van der Waals surface area contributed by atoms with Gasteiger partial charge in [-0.25, -0.2) is 4.79 Å². The molecule has 4 N–H and O–H groups in total. The molecule has 3 aromatic rings. The number of carbonyl (C=O) groups excluding carboxylic acids is 1. The molecule has 1 unspecified atom stereocenters. The summed E-state index contributed by atoms with van der Waals surface area (Å²) < 4.78 is 0. The van der Waals surface area contributed by atoms with Crippen LogP contribution in [0.5, 0.6) is 0 Å². The number of allylic oxidation sites excluding steroid dienone is 1. The first-order valence-corrected chi connectivity index (χ1v) is 11.4. The van der Waals surface area contributed by atoms with E-state index < -0.39 is 6.03 Å². The quantitative estimate of drug-likeness (QED) is 0.380. The average molecular weight is 438 g/mol. The molecule has 0 spiro atoms. The number of urea groups is 1. The fraction of sp³-hybridized carbons (Fsp3) is 0.207. The molecule has 0 heterocycles. The number of anilines is 2. The van der Waals surface area contributed by atoms with Crippen LogP contribution in [0.2, 0.25) is 0 Å². The van der Waals surface area contributed by atoms with Gasteiger partial charge in [-0.2, -0.15) is 0 Å². The standard InChI is InChI=1S/C29H31N3O/c1-5-9-19(3)31-23-12-14-26-21(17-23)16-22-18-24(32-28(30)33)13-15-27(22)29(26,4)25-11-8-7-10-20(25)6-2/h6-8,10-15,17-18,31H,2-3,5,9,16H2,1,4H3,(H3,30,32,33). The van der Waals surface area contributed by atoms with Gasteiger partial charge in [0.15, 0.2) is 0 Å². The molecule has 0 saturated heterocycles. The highest BCUT2D eigenvalue weighted by atomic mass is 16.2. The number of hydrogen-bond acceptors (Lipinski definition) is 2. The second-order valence-electron chi connectivity index (χ2n) is 8.80. The molecule has 0 aliphatic heterocycles. The molecule has 0 saturated carbocycles. The van der Waals surface area contributed by atoms with Crippen LogP contribution in [0.3, 0.4) is 0 Å². The van der Waals surface area contributed by atoms with E-state index in [1.54, 1.807) is 0 Å². The lowest BCUT2D eigenvalue weighted by atomic mass is 9.63. The van der Waals surface area contributed by atoms with Gasteiger partial charge in [0.05, 0.1) is 0 Å². The highest BCUT2D eigenvalue weighted by molar-refractivity contribution is 5.88. The van der Waals surface area contributed by atoms with Gasteiger partial charge in [0, 0.05) is 22.5 Å². The van der Waals surface area contributed by atoms with Crippen LogP contribution in [0.25, 0.3) is 6.08 Å². The minimum Gasteiger partial charge on any atom is -0.359 e. The van der Waals surface area contributed by atoms with Crippen molar-refractivity contribution in [2.24, 2.45) is 5.73 Å². The number of amides is 2. The summed E-state index contributed by atoms with van der Waals surface area (Å²) in [6.07, 6.45) is 4.67. The molecule has 168 valence electrons. The molecule has 1 atom stereocenters. The Hall–Kier alpha value is -3.79. The molecule has 0 aromatic heterocycles. The number of nitrogens with one attached hydrogen (secondary N) is 2. The smallest absolute Gasteiger partial charge is 0.316 e. The Labute approximate surface area is 196 Å². The summed E-state index contributed by atoms with van der Waals surface area (Å²) in [6.45, 7) is 12.6. The molecule has 4 rings (SSSR count). The van der Waals surface area contributed by atoms with Gasteiger partial charge in [-0.3, -0.25) is 0 Å². The van der Waals surface area contributed by atoms with Crippen molar-refractivity contribution in [2.75, 3.05) is 10.6 Å². The normalized spacial score (nSPS) is 16.3. The van der Waals surface area contributed by atoms with Gasteiger partial charge in [0.2, 0.25) is 0 Å². The lowest BCUT2D eigenvalue weighted by Crippen LogP contribution is -2.32. The molecule has 1 aliphatic carbocycles. The van der Waals surface area contributed by atoms with E-state index in [1.165, 1.54) is 27.8 Å². The maximum absolute atomic E-state index is 11.5. The first kappa shape index (κ1) is 22.4. The van der Waals surface area contributed by atoms with Gasteiger partial charge >= 0.3 is 6.03 Å². The van der Waals surface area contributed by atoms with Gasteiger partial charge in [-0.1, -0.05) is 69.0 Å². The van der Waals surface area contributed by atoms with E-state index in [1.807, 2.05) is 24.3 Å². The largest absolute Gasteiger partial charge is 0.359 e. The van der Waals surface area contributed by atoms with Gasteiger partial charge in [-0.15, -0.1) is 0 Å². The Bertz CT molecular complexity index is 1240. The van der Waals surface area contributed by atoms with E-state index in [-0.39, 0.29) is 5.41 Å². The van der Waals surface area contributed by atoms with E-state index in [4.69, 9.17) is 5.73 Å². The third kappa shape index (κ3) is 4.17. The number of nitrogens with two attached hydrogens (primary N) is 1. The zero-order valence-electron chi connectivity index (χ0n) is 19.4. The van der Waals surface area contributed by atoms with Crippen molar-refractivity contribution < 1.29 is 4.79 Å². The summed E-state index contributed by atoms with van der Waals surface area (Å²) in [5.74, 6) is 0. The summed E-state index contributed by atoms with van der Waals surface area (Å²) in [5.41, 5.74) is 15.0. The molecule has 0 bridgehead atoms. The number of benzene rings is 3. The maximum Gasteiger partial charge on any atom is 0.316 e. The number of rotatable bonds is 7. The van der Waals surface area contributed by atoms with Crippen LogP contribution in [0, 0.1) is 0 Å². The molecule has 1 aliphatic rings. The summed E-state index contributed by atoms with van der Waals surface area (Å²) in [6, 6.07) is 20.5. The molecular weight excluding hydrogens is 406 g/mol. The van der Waals surface area contributed by atoms with Crippen molar-refractivity contribution in [1.82, 2.24) is 0 Å². The topological polar surface area (TPSA) is 67.2 Å². The van der Waals surface area contributed by atoms with Crippen molar-refractivity contribution in [3.8, 4) is 0 Å². The van der Waals surface area contributed by atoms with Crippen LogP contribution in [-0.2, 0) is 11.8 Å². The molecule has 2 amide bonds. The Balaban J connectivity index is 1.90. The molecule has 4 nitrogen and oxygen atoms in total. The second kappa shape index (κ2) is 8.99.